The van der Waals surface area contributed by atoms with E-state index in [9.17, 15) is 4.79 Å². The number of anilines is 1. The highest BCUT2D eigenvalue weighted by Gasteiger charge is 2.07. The maximum absolute atomic E-state index is 11.0. The smallest absolute Gasteiger partial charge is 0.219 e. The molecule has 0 radical (unpaired) electrons. The molecule has 4 heteroatoms. The largest absolute Gasteiger partial charge is 0.493 e. The highest BCUT2D eigenvalue weighted by molar-refractivity contribution is 5.75. The number of rotatable bonds is 5. The fourth-order valence-electron chi connectivity index (χ4n) is 1.60. The molecule has 94 valence electrons. The zero-order chi connectivity index (χ0) is 12.8. The summed E-state index contributed by atoms with van der Waals surface area (Å²) >= 11 is 0. The van der Waals surface area contributed by atoms with Crippen molar-refractivity contribution >= 4 is 11.6 Å². The minimum absolute atomic E-state index is 0.0367. The number of hydrogen-bond donors (Lipinski definition) is 2. The molecule has 4 nitrogen and oxygen atoms in total. The summed E-state index contributed by atoms with van der Waals surface area (Å²) in [5, 5.41) is 2.58. The molecule has 1 amide bonds. The van der Waals surface area contributed by atoms with Crippen LogP contribution >= 0.6 is 0 Å². The third kappa shape index (κ3) is 3.66. The van der Waals surface area contributed by atoms with E-state index in [0.29, 0.717) is 19.4 Å². The number of benzene rings is 1. The molecule has 3 N–H and O–H groups in total. The number of amides is 1. The molecule has 0 saturated carbocycles. The monoisotopic (exact) mass is 236 g/mol. The van der Waals surface area contributed by atoms with Crippen molar-refractivity contribution in [2.75, 3.05) is 19.4 Å². The average Bonchev–Trinajstić information content (AvgIpc) is 2.32. The van der Waals surface area contributed by atoms with Gasteiger partial charge in [-0.15, -0.1) is 0 Å². The minimum Gasteiger partial charge on any atom is -0.493 e. The third-order valence-electron chi connectivity index (χ3n) is 2.72. The Bertz CT molecular complexity index is 403. The molecule has 0 unspecified atom stereocenters. The van der Waals surface area contributed by atoms with Crippen LogP contribution in [0.4, 0.5) is 5.69 Å². The molecule has 1 aromatic rings. The molecular formula is C13H20N2O2. The van der Waals surface area contributed by atoms with Crippen LogP contribution in [0.3, 0.4) is 0 Å². The van der Waals surface area contributed by atoms with Gasteiger partial charge in [0.2, 0.25) is 5.91 Å². The van der Waals surface area contributed by atoms with E-state index in [0.717, 1.165) is 22.6 Å². The van der Waals surface area contributed by atoms with Crippen molar-refractivity contribution in [1.29, 1.82) is 0 Å². The van der Waals surface area contributed by atoms with Crippen LogP contribution in [0.15, 0.2) is 12.1 Å². The van der Waals surface area contributed by atoms with Crippen molar-refractivity contribution < 1.29 is 9.53 Å². The van der Waals surface area contributed by atoms with Crippen molar-refractivity contribution in [2.45, 2.75) is 26.7 Å². The van der Waals surface area contributed by atoms with E-state index in [2.05, 4.69) is 5.32 Å². The second-order valence-corrected chi connectivity index (χ2v) is 4.05. The molecule has 0 aromatic heterocycles. The highest BCUT2D eigenvalue weighted by Crippen LogP contribution is 2.27. The fraction of sp³-hybridized carbons (Fsp3) is 0.462. The van der Waals surface area contributed by atoms with Crippen LogP contribution in [0.25, 0.3) is 0 Å². The SMILES string of the molecule is CNC(=O)CCCOc1c(C)ccc(N)c1C. The van der Waals surface area contributed by atoms with E-state index in [1.165, 1.54) is 0 Å². The second kappa shape index (κ2) is 6.13. The Morgan fingerprint density at radius 3 is 2.76 bits per heavy atom. The van der Waals surface area contributed by atoms with E-state index >= 15 is 0 Å². The summed E-state index contributed by atoms with van der Waals surface area (Å²) < 4.78 is 5.68. The van der Waals surface area contributed by atoms with E-state index < -0.39 is 0 Å². The Balaban J connectivity index is 2.52. The number of nitrogens with two attached hydrogens (primary N) is 1. The molecule has 0 aliphatic carbocycles. The van der Waals surface area contributed by atoms with Gasteiger partial charge >= 0.3 is 0 Å². The lowest BCUT2D eigenvalue weighted by Gasteiger charge is -2.13. The molecule has 0 bridgehead atoms. The quantitative estimate of drug-likeness (QED) is 0.605. The normalized spacial score (nSPS) is 10.1. The molecule has 0 aliphatic rings. The lowest BCUT2D eigenvalue weighted by molar-refractivity contribution is -0.120. The van der Waals surface area contributed by atoms with E-state index in [4.69, 9.17) is 10.5 Å². The predicted octanol–water partition coefficient (Wildman–Crippen LogP) is 1.79. The van der Waals surface area contributed by atoms with E-state index in [1.807, 2.05) is 26.0 Å². The van der Waals surface area contributed by atoms with Gasteiger partial charge in [0.1, 0.15) is 5.75 Å². The zero-order valence-electron chi connectivity index (χ0n) is 10.7. The summed E-state index contributed by atoms with van der Waals surface area (Å²) in [5.41, 5.74) is 8.58. The Kier molecular flexibility index (Phi) is 4.82. The first-order valence-electron chi connectivity index (χ1n) is 5.75. The Hall–Kier alpha value is -1.71. The van der Waals surface area contributed by atoms with Crippen LogP contribution in [-0.2, 0) is 4.79 Å². The van der Waals surface area contributed by atoms with Crippen LogP contribution in [0, 0.1) is 13.8 Å². The van der Waals surface area contributed by atoms with E-state index in [-0.39, 0.29) is 5.91 Å². The van der Waals surface area contributed by atoms with Crippen LogP contribution < -0.4 is 15.8 Å². The molecule has 0 fully saturated rings. The van der Waals surface area contributed by atoms with Crippen molar-refractivity contribution in [2.24, 2.45) is 0 Å². The molecule has 0 heterocycles. The fourth-order valence-corrected chi connectivity index (χ4v) is 1.60. The summed E-state index contributed by atoms with van der Waals surface area (Å²) in [4.78, 5) is 11.0. The first kappa shape index (κ1) is 13.4. The molecule has 0 saturated heterocycles. The number of nitrogen functional groups attached to an aromatic ring is 1. The number of nitrogens with one attached hydrogen (secondary N) is 1. The van der Waals surface area contributed by atoms with Gasteiger partial charge in [0.25, 0.3) is 0 Å². The summed E-state index contributed by atoms with van der Waals surface area (Å²) in [5.74, 6) is 0.872. The number of carbonyl (C=O) groups excluding carboxylic acids is 1. The van der Waals surface area contributed by atoms with Gasteiger partial charge in [-0.05, 0) is 31.9 Å². The molecule has 17 heavy (non-hydrogen) atoms. The Morgan fingerprint density at radius 1 is 1.41 bits per heavy atom. The molecule has 0 spiro atoms. The summed E-state index contributed by atoms with van der Waals surface area (Å²) in [7, 11) is 1.63. The standard InChI is InChI=1S/C13H20N2O2/c1-9-6-7-11(14)10(2)13(9)17-8-4-5-12(16)15-3/h6-7H,4-5,8,14H2,1-3H3,(H,15,16). The summed E-state index contributed by atoms with van der Waals surface area (Å²) in [6, 6.07) is 3.82. The van der Waals surface area contributed by atoms with Crippen LogP contribution in [0.5, 0.6) is 5.75 Å². The van der Waals surface area contributed by atoms with Gasteiger partial charge in [0.05, 0.1) is 6.61 Å². The number of carbonyl (C=O) groups is 1. The third-order valence-corrected chi connectivity index (χ3v) is 2.72. The number of ether oxygens (including phenoxy) is 1. The van der Waals surface area contributed by atoms with Gasteiger partial charge in [0, 0.05) is 24.7 Å². The van der Waals surface area contributed by atoms with Crippen LogP contribution in [-0.4, -0.2) is 19.6 Å². The topological polar surface area (TPSA) is 64.3 Å². The summed E-state index contributed by atoms with van der Waals surface area (Å²) in [6.07, 6.45) is 1.18. The summed E-state index contributed by atoms with van der Waals surface area (Å²) in [6.45, 7) is 4.45. The van der Waals surface area contributed by atoms with Crippen molar-refractivity contribution in [3.8, 4) is 5.75 Å². The van der Waals surface area contributed by atoms with Gasteiger partial charge in [-0.25, -0.2) is 0 Å². The van der Waals surface area contributed by atoms with Crippen molar-refractivity contribution in [1.82, 2.24) is 5.32 Å². The van der Waals surface area contributed by atoms with Gasteiger partial charge in [-0.1, -0.05) is 6.07 Å². The first-order chi connectivity index (χ1) is 8.06. The predicted molar refractivity (Wildman–Crippen MR) is 69.1 cm³/mol. The number of hydrogen-bond acceptors (Lipinski definition) is 3. The van der Waals surface area contributed by atoms with Crippen LogP contribution in [0.1, 0.15) is 24.0 Å². The van der Waals surface area contributed by atoms with Gasteiger partial charge in [0.15, 0.2) is 0 Å². The van der Waals surface area contributed by atoms with Gasteiger partial charge < -0.3 is 15.8 Å². The number of aryl methyl sites for hydroxylation is 1. The Morgan fingerprint density at radius 2 is 2.12 bits per heavy atom. The molecule has 0 atom stereocenters. The van der Waals surface area contributed by atoms with Gasteiger partial charge in [-0.2, -0.15) is 0 Å². The second-order valence-electron chi connectivity index (χ2n) is 4.05. The van der Waals surface area contributed by atoms with E-state index in [1.54, 1.807) is 7.05 Å². The molecule has 1 aromatic carbocycles. The maximum atomic E-state index is 11.0. The minimum atomic E-state index is 0.0367. The van der Waals surface area contributed by atoms with Crippen LogP contribution in [0.2, 0.25) is 0 Å². The van der Waals surface area contributed by atoms with Crippen molar-refractivity contribution in [3.63, 3.8) is 0 Å². The molecule has 1 rings (SSSR count). The lowest BCUT2D eigenvalue weighted by atomic mass is 10.1. The van der Waals surface area contributed by atoms with Gasteiger partial charge in [-0.3, -0.25) is 4.79 Å². The first-order valence-corrected chi connectivity index (χ1v) is 5.75. The Labute approximate surface area is 102 Å². The maximum Gasteiger partial charge on any atom is 0.219 e. The zero-order valence-corrected chi connectivity index (χ0v) is 10.7. The lowest BCUT2D eigenvalue weighted by Crippen LogP contribution is -2.18. The molecular weight excluding hydrogens is 216 g/mol. The van der Waals surface area contributed by atoms with Crippen molar-refractivity contribution in [3.05, 3.63) is 23.3 Å². The molecule has 0 aliphatic heterocycles. The average molecular weight is 236 g/mol. The highest BCUT2D eigenvalue weighted by atomic mass is 16.5.